The van der Waals surface area contributed by atoms with Crippen LogP contribution in [0.25, 0.3) is 16.7 Å². The number of carboxylic acids is 1. The molecule has 1 N–H and O–H groups in total. The molecule has 0 saturated carbocycles. The molecule has 0 fully saturated rings. The van der Waals surface area contributed by atoms with Crippen LogP contribution in [-0.2, 0) is 17.8 Å². The van der Waals surface area contributed by atoms with Crippen LogP contribution in [0.4, 0.5) is 0 Å². The number of imidazole rings is 1. The molecule has 0 spiro atoms. The molecule has 0 atom stereocenters. The zero-order chi connectivity index (χ0) is 23.5. The van der Waals surface area contributed by atoms with Crippen molar-refractivity contribution < 1.29 is 9.90 Å². The molecule has 0 radical (unpaired) electrons. The third-order valence-electron chi connectivity index (χ3n) is 5.64. The molecule has 0 aliphatic heterocycles. The number of aryl methyl sites for hydroxylation is 3. The van der Waals surface area contributed by atoms with Crippen molar-refractivity contribution in [3.63, 3.8) is 0 Å². The van der Waals surface area contributed by atoms with E-state index in [2.05, 4.69) is 18.4 Å². The highest BCUT2D eigenvalue weighted by Gasteiger charge is 2.18. The van der Waals surface area contributed by atoms with E-state index in [0.717, 1.165) is 40.2 Å². The van der Waals surface area contributed by atoms with Crippen LogP contribution in [0.2, 0.25) is 0 Å². The SMILES string of the molecule is CCc1nc2c(C)cc(C)nc2n1Cc1ccc(/C(=C(\C#N)C(=O)O)c2ccccc2)cc1. The molecular formula is C27H24N4O2. The summed E-state index contributed by atoms with van der Waals surface area (Å²) in [6, 6.07) is 20.7. The Kier molecular flexibility index (Phi) is 6.05. The van der Waals surface area contributed by atoms with Gasteiger partial charge in [0.15, 0.2) is 5.65 Å². The molecule has 6 nitrogen and oxygen atoms in total. The van der Waals surface area contributed by atoms with Crippen molar-refractivity contribution in [3.05, 3.63) is 100 Å². The summed E-state index contributed by atoms with van der Waals surface area (Å²) < 4.78 is 2.14. The second-order valence-corrected chi connectivity index (χ2v) is 7.95. The smallest absolute Gasteiger partial charge is 0.347 e. The Morgan fingerprint density at radius 2 is 1.70 bits per heavy atom. The zero-order valence-electron chi connectivity index (χ0n) is 18.8. The molecule has 0 amide bonds. The van der Waals surface area contributed by atoms with Crippen LogP contribution in [0.5, 0.6) is 0 Å². The van der Waals surface area contributed by atoms with Gasteiger partial charge in [0.2, 0.25) is 0 Å². The lowest BCUT2D eigenvalue weighted by atomic mass is 9.93. The van der Waals surface area contributed by atoms with E-state index in [9.17, 15) is 15.2 Å². The van der Waals surface area contributed by atoms with E-state index in [4.69, 9.17) is 9.97 Å². The number of aliphatic carboxylic acids is 1. The number of carboxylic acid groups (broad SMARTS) is 1. The van der Waals surface area contributed by atoms with Gasteiger partial charge >= 0.3 is 5.97 Å². The fourth-order valence-electron chi connectivity index (χ4n) is 4.11. The van der Waals surface area contributed by atoms with Gasteiger partial charge in [-0.2, -0.15) is 5.26 Å². The molecule has 2 aromatic heterocycles. The van der Waals surface area contributed by atoms with Crippen LogP contribution in [0.1, 0.15) is 40.7 Å². The van der Waals surface area contributed by atoms with Gasteiger partial charge in [-0.1, -0.05) is 61.5 Å². The number of hydrogen-bond donors (Lipinski definition) is 1. The summed E-state index contributed by atoms with van der Waals surface area (Å²) in [5.41, 5.74) is 6.39. The Hall–Kier alpha value is -4.24. The highest BCUT2D eigenvalue weighted by Crippen LogP contribution is 2.28. The summed E-state index contributed by atoms with van der Waals surface area (Å²) in [4.78, 5) is 21.3. The van der Waals surface area contributed by atoms with Crippen LogP contribution in [0, 0.1) is 25.2 Å². The summed E-state index contributed by atoms with van der Waals surface area (Å²) in [5.74, 6) is -0.271. The van der Waals surface area contributed by atoms with Gasteiger partial charge in [-0.3, -0.25) is 0 Å². The fraction of sp³-hybridized carbons (Fsp3) is 0.185. The molecule has 2 aromatic carbocycles. The Morgan fingerprint density at radius 1 is 1.03 bits per heavy atom. The lowest BCUT2D eigenvalue weighted by molar-refractivity contribution is -0.132. The van der Waals surface area contributed by atoms with Crippen LogP contribution in [-0.4, -0.2) is 25.6 Å². The number of hydrogen-bond acceptors (Lipinski definition) is 4. The van der Waals surface area contributed by atoms with Gasteiger partial charge in [0.25, 0.3) is 0 Å². The minimum Gasteiger partial charge on any atom is -0.477 e. The van der Waals surface area contributed by atoms with Crippen LogP contribution in [0.15, 0.2) is 66.2 Å². The van der Waals surface area contributed by atoms with Crippen molar-refractivity contribution in [2.45, 2.75) is 33.7 Å². The zero-order valence-corrected chi connectivity index (χ0v) is 18.8. The van der Waals surface area contributed by atoms with Crippen molar-refractivity contribution in [1.82, 2.24) is 14.5 Å². The topological polar surface area (TPSA) is 91.8 Å². The first-order valence-corrected chi connectivity index (χ1v) is 10.8. The van der Waals surface area contributed by atoms with Crippen LogP contribution in [0.3, 0.4) is 0 Å². The van der Waals surface area contributed by atoms with E-state index in [0.29, 0.717) is 23.2 Å². The first kappa shape index (κ1) is 22.0. The third kappa shape index (κ3) is 4.26. The maximum atomic E-state index is 11.7. The number of nitrogens with zero attached hydrogens (tertiary/aromatic N) is 4. The summed E-state index contributed by atoms with van der Waals surface area (Å²) in [5, 5.41) is 19.1. The maximum absolute atomic E-state index is 11.7. The van der Waals surface area contributed by atoms with Crippen LogP contribution >= 0.6 is 0 Å². The van der Waals surface area contributed by atoms with Gasteiger partial charge in [0.05, 0.1) is 6.54 Å². The Labute approximate surface area is 192 Å². The lowest BCUT2D eigenvalue weighted by Crippen LogP contribution is -2.06. The van der Waals surface area contributed by atoms with Gasteiger partial charge in [0, 0.05) is 17.7 Å². The quantitative estimate of drug-likeness (QED) is 0.337. The van der Waals surface area contributed by atoms with Gasteiger partial charge in [-0.15, -0.1) is 0 Å². The Bertz CT molecular complexity index is 1410. The molecule has 2 heterocycles. The standard InChI is InChI=1S/C27H24N4O2/c1-4-23-30-25-17(2)14-18(3)29-26(25)31(23)16-19-10-12-21(13-11-19)24(22(15-28)27(32)33)20-8-6-5-7-9-20/h5-14H,4,16H2,1-3H3,(H,32,33)/b24-22+. The fourth-order valence-corrected chi connectivity index (χ4v) is 4.11. The minimum atomic E-state index is -1.24. The maximum Gasteiger partial charge on any atom is 0.347 e. The predicted octanol–water partition coefficient (Wildman–Crippen LogP) is 5.07. The minimum absolute atomic E-state index is 0.280. The molecule has 4 aromatic rings. The number of rotatable bonds is 6. The largest absolute Gasteiger partial charge is 0.477 e. The molecule has 4 rings (SSSR count). The van der Waals surface area contributed by atoms with E-state index in [1.54, 1.807) is 0 Å². The lowest BCUT2D eigenvalue weighted by Gasteiger charge is -2.12. The van der Waals surface area contributed by atoms with Gasteiger partial charge < -0.3 is 9.67 Å². The molecule has 33 heavy (non-hydrogen) atoms. The Morgan fingerprint density at radius 3 is 2.30 bits per heavy atom. The monoisotopic (exact) mass is 436 g/mol. The molecule has 164 valence electrons. The molecule has 0 bridgehead atoms. The number of aromatic nitrogens is 3. The number of benzene rings is 2. The van der Waals surface area contributed by atoms with Crippen molar-refractivity contribution in [2.24, 2.45) is 0 Å². The van der Waals surface area contributed by atoms with E-state index < -0.39 is 5.97 Å². The van der Waals surface area contributed by atoms with Crippen molar-refractivity contribution in [2.75, 3.05) is 0 Å². The highest BCUT2D eigenvalue weighted by atomic mass is 16.4. The molecule has 0 aliphatic carbocycles. The number of fused-ring (bicyclic) bond motifs is 1. The third-order valence-corrected chi connectivity index (χ3v) is 5.64. The normalized spacial score (nSPS) is 11.8. The van der Waals surface area contributed by atoms with Crippen molar-refractivity contribution in [3.8, 4) is 6.07 Å². The molecule has 0 aliphatic rings. The average molecular weight is 437 g/mol. The van der Waals surface area contributed by atoms with E-state index in [-0.39, 0.29) is 5.57 Å². The average Bonchev–Trinajstić information content (AvgIpc) is 3.16. The summed E-state index contributed by atoms with van der Waals surface area (Å²) >= 11 is 0. The second-order valence-electron chi connectivity index (χ2n) is 7.95. The molecule has 6 heteroatoms. The molecule has 0 unspecified atom stereocenters. The molecular weight excluding hydrogens is 412 g/mol. The Balaban J connectivity index is 1.76. The number of carbonyl (C=O) groups is 1. The number of pyridine rings is 1. The van der Waals surface area contributed by atoms with Crippen molar-refractivity contribution >= 4 is 22.7 Å². The van der Waals surface area contributed by atoms with E-state index in [1.807, 2.05) is 73.7 Å². The molecule has 0 saturated heterocycles. The van der Waals surface area contributed by atoms with Gasteiger partial charge in [-0.05, 0) is 42.2 Å². The van der Waals surface area contributed by atoms with E-state index in [1.165, 1.54) is 0 Å². The van der Waals surface area contributed by atoms with Gasteiger partial charge in [-0.25, -0.2) is 14.8 Å². The van der Waals surface area contributed by atoms with E-state index >= 15 is 0 Å². The first-order chi connectivity index (χ1) is 15.9. The summed E-state index contributed by atoms with van der Waals surface area (Å²) in [6.45, 7) is 6.71. The number of nitriles is 1. The summed E-state index contributed by atoms with van der Waals surface area (Å²) in [7, 11) is 0. The summed E-state index contributed by atoms with van der Waals surface area (Å²) in [6.07, 6.45) is 0.790. The van der Waals surface area contributed by atoms with Crippen molar-refractivity contribution in [1.29, 1.82) is 5.26 Å². The first-order valence-electron chi connectivity index (χ1n) is 10.8. The second kappa shape index (κ2) is 9.09. The van der Waals surface area contributed by atoms with Gasteiger partial charge in [0.1, 0.15) is 23.0 Å². The highest BCUT2D eigenvalue weighted by molar-refractivity contribution is 6.04. The predicted molar refractivity (Wildman–Crippen MR) is 128 cm³/mol. The van der Waals surface area contributed by atoms with Crippen LogP contribution < -0.4 is 0 Å².